The standard InChI is InChI=1S/C18H16F4N2O2S/c19-16-8-11(18(20,21)22)3-6-13(16)15-9-23-10-17-14(15)2-1-7-24(17)27(25,26)12-4-5-12/h3,6,8-10,12H,1-2,4-5,7H2. The van der Waals surface area contributed by atoms with Crippen LogP contribution in [0.4, 0.5) is 23.2 Å². The van der Waals surface area contributed by atoms with E-state index in [1.54, 1.807) is 0 Å². The summed E-state index contributed by atoms with van der Waals surface area (Å²) in [6, 6.07) is 2.35. The van der Waals surface area contributed by atoms with Crippen molar-refractivity contribution in [2.45, 2.75) is 37.1 Å². The fourth-order valence-electron chi connectivity index (χ4n) is 3.43. The molecule has 0 saturated heterocycles. The van der Waals surface area contributed by atoms with Crippen LogP contribution < -0.4 is 4.31 Å². The van der Waals surface area contributed by atoms with Gasteiger partial charge in [-0.2, -0.15) is 13.2 Å². The van der Waals surface area contributed by atoms with Crippen LogP contribution in [0.5, 0.6) is 0 Å². The number of anilines is 1. The SMILES string of the molecule is O=S(=O)(C1CC1)N1CCCc2c(-c3ccc(C(F)(F)F)cc3F)cncc21. The van der Waals surface area contributed by atoms with Crippen LogP contribution in [0.25, 0.3) is 11.1 Å². The molecule has 2 aliphatic rings. The number of fused-ring (bicyclic) bond motifs is 1. The first-order valence-corrected chi connectivity index (χ1v) is 10.1. The molecule has 0 radical (unpaired) electrons. The van der Waals surface area contributed by atoms with Gasteiger partial charge in [-0.3, -0.25) is 9.29 Å². The molecule has 0 N–H and O–H groups in total. The van der Waals surface area contributed by atoms with Gasteiger partial charge in [-0.1, -0.05) is 6.07 Å². The first kappa shape index (κ1) is 18.2. The van der Waals surface area contributed by atoms with E-state index in [-0.39, 0.29) is 5.56 Å². The molecule has 4 rings (SSSR count). The molecule has 9 heteroatoms. The monoisotopic (exact) mass is 400 g/mol. The van der Waals surface area contributed by atoms with Crippen LogP contribution in [0.3, 0.4) is 0 Å². The van der Waals surface area contributed by atoms with E-state index in [4.69, 9.17) is 0 Å². The molecule has 1 aromatic carbocycles. The van der Waals surface area contributed by atoms with Crippen LogP contribution in [-0.2, 0) is 22.6 Å². The van der Waals surface area contributed by atoms with Gasteiger partial charge < -0.3 is 0 Å². The van der Waals surface area contributed by atoms with Crippen molar-refractivity contribution >= 4 is 15.7 Å². The summed E-state index contributed by atoms with van der Waals surface area (Å²) in [5.74, 6) is -1.01. The summed E-state index contributed by atoms with van der Waals surface area (Å²) in [5, 5.41) is -0.394. The predicted molar refractivity (Wildman–Crippen MR) is 92.2 cm³/mol. The lowest BCUT2D eigenvalue weighted by atomic mass is 9.94. The van der Waals surface area contributed by atoms with Crippen LogP contribution in [0, 0.1) is 5.82 Å². The van der Waals surface area contributed by atoms with Crippen molar-refractivity contribution in [1.82, 2.24) is 4.98 Å². The quantitative estimate of drug-likeness (QED) is 0.728. The molecule has 1 aromatic heterocycles. The molecule has 1 saturated carbocycles. The van der Waals surface area contributed by atoms with Crippen LogP contribution in [0.1, 0.15) is 30.4 Å². The van der Waals surface area contributed by atoms with Gasteiger partial charge >= 0.3 is 6.18 Å². The zero-order valence-electron chi connectivity index (χ0n) is 14.1. The van der Waals surface area contributed by atoms with Crippen LogP contribution >= 0.6 is 0 Å². The fraction of sp³-hybridized carbons (Fsp3) is 0.389. The van der Waals surface area contributed by atoms with Crippen molar-refractivity contribution in [2.75, 3.05) is 10.8 Å². The molecule has 2 aromatic rings. The highest BCUT2D eigenvalue weighted by atomic mass is 32.2. The number of nitrogens with zero attached hydrogens (tertiary/aromatic N) is 2. The average Bonchev–Trinajstić information content (AvgIpc) is 3.45. The van der Waals surface area contributed by atoms with E-state index in [1.807, 2.05) is 0 Å². The zero-order chi connectivity index (χ0) is 19.4. The Balaban J connectivity index is 1.81. The number of sulfonamides is 1. The van der Waals surface area contributed by atoms with E-state index < -0.39 is 32.8 Å². The van der Waals surface area contributed by atoms with Gasteiger partial charge in [0.15, 0.2) is 0 Å². The van der Waals surface area contributed by atoms with Gasteiger partial charge in [0, 0.05) is 23.9 Å². The number of hydrogen-bond donors (Lipinski definition) is 0. The molecule has 0 spiro atoms. The Labute approximate surface area is 153 Å². The minimum absolute atomic E-state index is 0.0157. The van der Waals surface area contributed by atoms with Gasteiger partial charge in [0.2, 0.25) is 10.0 Å². The zero-order valence-corrected chi connectivity index (χ0v) is 14.9. The molecule has 1 aliphatic carbocycles. The van der Waals surface area contributed by atoms with Gasteiger partial charge in [0.1, 0.15) is 5.82 Å². The maximum atomic E-state index is 14.4. The summed E-state index contributed by atoms with van der Waals surface area (Å²) in [5.41, 5.74) is 0.232. The molecule has 4 nitrogen and oxygen atoms in total. The number of pyridine rings is 1. The van der Waals surface area contributed by atoms with Crippen LogP contribution in [0.2, 0.25) is 0 Å². The van der Waals surface area contributed by atoms with Gasteiger partial charge in [-0.05, 0) is 43.4 Å². The van der Waals surface area contributed by atoms with Crippen molar-refractivity contribution < 1.29 is 26.0 Å². The summed E-state index contributed by atoms with van der Waals surface area (Å²) in [6.07, 6.45) is 0.465. The second-order valence-corrected chi connectivity index (χ2v) is 8.93. The van der Waals surface area contributed by atoms with Crippen molar-refractivity contribution in [2.24, 2.45) is 0 Å². The Morgan fingerprint density at radius 2 is 1.85 bits per heavy atom. The smallest absolute Gasteiger partial charge is 0.268 e. The Kier molecular flexibility index (Phi) is 4.17. The Hall–Kier alpha value is -2.16. The first-order valence-electron chi connectivity index (χ1n) is 8.55. The second kappa shape index (κ2) is 6.19. The summed E-state index contributed by atoms with van der Waals surface area (Å²) in [4.78, 5) is 4.04. The number of aromatic nitrogens is 1. The second-order valence-electron chi connectivity index (χ2n) is 6.80. The Morgan fingerprint density at radius 1 is 1.11 bits per heavy atom. The number of benzene rings is 1. The molecule has 0 amide bonds. The first-order chi connectivity index (χ1) is 12.7. The lowest BCUT2D eigenvalue weighted by Gasteiger charge is -2.31. The molecule has 1 aliphatic heterocycles. The maximum Gasteiger partial charge on any atom is 0.416 e. The van der Waals surface area contributed by atoms with Crippen LogP contribution in [0.15, 0.2) is 30.6 Å². The third kappa shape index (κ3) is 3.18. The molecular weight excluding hydrogens is 384 g/mol. The fourth-order valence-corrected chi connectivity index (χ4v) is 5.33. The minimum Gasteiger partial charge on any atom is -0.268 e. The summed E-state index contributed by atoms with van der Waals surface area (Å²) in [7, 11) is -3.49. The van der Waals surface area contributed by atoms with E-state index in [0.717, 1.165) is 12.1 Å². The van der Waals surface area contributed by atoms with Gasteiger partial charge in [-0.15, -0.1) is 0 Å². The highest BCUT2D eigenvalue weighted by Gasteiger charge is 2.42. The molecule has 0 unspecified atom stereocenters. The van der Waals surface area contributed by atoms with E-state index in [0.29, 0.717) is 55.1 Å². The van der Waals surface area contributed by atoms with Crippen LogP contribution in [-0.4, -0.2) is 25.2 Å². The molecule has 0 atom stereocenters. The third-order valence-corrected chi connectivity index (χ3v) is 7.24. The molecule has 1 fully saturated rings. The number of rotatable bonds is 3. The van der Waals surface area contributed by atoms with E-state index in [9.17, 15) is 26.0 Å². The van der Waals surface area contributed by atoms with Gasteiger partial charge in [0.05, 0.1) is 22.7 Å². The summed E-state index contributed by atoms with van der Waals surface area (Å²) < 4.78 is 79.5. The highest BCUT2D eigenvalue weighted by molar-refractivity contribution is 7.93. The van der Waals surface area contributed by atoms with Gasteiger partial charge in [-0.25, -0.2) is 12.8 Å². The lowest BCUT2D eigenvalue weighted by molar-refractivity contribution is -0.137. The van der Waals surface area contributed by atoms with Crippen molar-refractivity contribution in [3.8, 4) is 11.1 Å². The largest absolute Gasteiger partial charge is 0.416 e. The van der Waals surface area contributed by atoms with E-state index in [2.05, 4.69) is 4.98 Å². The molecule has 144 valence electrons. The number of halogens is 4. The maximum absolute atomic E-state index is 14.4. The average molecular weight is 400 g/mol. The van der Waals surface area contributed by atoms with Crippen molar-refractivity contribution in [1.29, 1.82) is 0 Å². The minimum atomic E-state index is -4.64. The summed E-state index contributed by atoms with van der Waals surface area (Å²) >= 11 is 0. The Bertz CT molecular complexity index is 1000. The number of alkyl halides is 3. The lowest BCUT2D eigenvalue weighted by Crippen LogP contribution is -2.38. The normalized spacial score (nSPS) is 17.7. The molecule has 2 heterocycles. The topological polar surface area (TPSA) is 50.3 Å². The molecule has 0 bridgehead atoms. The van der Waals surface area contributed by atoms with E-state index >= 15 is 0 Å². The van der Waals surface area contributed by atoms with Crippen molar-refractivity contribution in [3.63, 3.8) is 0 Å². The summed E-state index contributed by atoms with van der Waals surface area (Å²) in [6.45, 7) is 0.326. The predicted octanol–water partition coefficient (Wildman–Crippen LogP) is 4.15. The van der Waals surface area contributed by atoms with Gasteiger partial charge in [0.25, 0.3) is 0 Å². The third-order valence-electron chi connectivity index (χ3n) is 4.93. The number of hydrogen-bond acceptors (Lipinski definition) is 3. The Morgan fingerprint density at radius 3 is 2.48 bits per heavy atom. The molecular formula is C18H16F4N2O2S. The highest BCUT2D eigenvalue weighted by Crippen LogP contribution is 2.41. The van der Waals surface area contributed by atoms with E-state index in [1.165, 1.54) is 16.7 Å². The molecule has 27 heavy (non-hydrogen) atoms. The van der Waals surface area contributed by atoms with Crippen molar-refractivity contribution in [3.05, 3.63) is 47.5 Å².